The summed E-state index contributed by atoms with van der Waals surface area (Å²) in [6.45, 7) is 11.2. The van der Waals surface area contributed by atoms with Crippen LogP contribution in [0.2, 0.25) is 0 Å². The van der Waals surface area contributed by atoms with Gasteiger partial charge < -0.3 is 4.74 Å². The number of hydrogen-bond acceptors (Lipinski definition) is 2. The summed E-state index contributed by atoms with van der Waals surface area (Å²) in [5.41, 5.74) is 0.660. The highest BCUT2D eigenvalue weighted by molar-refractivity contribution is 5.72. The van der Waals surface area contributed by atoms with Crippen molar-refractivity contribution < 1.29 is 9.53 Å². The van der Waals surface area contributed by atoms with Crippen LogP contribution in [-0.4, -0.2) is 11.6 Å². The Morgan fingerprint density at radius 3 is 2.57 bits per heavy atom. The molecule has 1 spiro atoms. The SMILES string of the molecule is CCC(C)C(=O)O[C@]1(C)CCC23CCCC2C(C)(C)C1C3. The molecular weight excluding hydrogens is 260 g/mol. The third-order valence-electron chi connectivity index (χ3n) is 7.52. The lowest BCUT2D eigenvalue weighted by atomic mass is 9.66. The van der Waals surface area contributed by atoms with Crippen LogP contribution in [0.25, 0.3) is 0 Å². The van der Waals surface area contributed by atoms with Crippen molar-refractivity contribution in [1.29, 1.82) is 0 Å². The monoisotopic (exact) mass is 292 g/mol. The lowest BCUT2D eigenvalue weighted by Crippen LogP contribution is -2.47. The zero-order valence-electron chi connectivity index (χ0n) is 14.5. The molecule has 0 aromatic rings. The molecule has 3 saturated carbocycles. The second-order valence-electron chi connectivity index (χ2n) is 8.93. The van der Waals surface area contributed by atoms with Crippen LogP contribution >= 0.6 is 0 Å². The van der Waals surface area contributed by atoms with E-state index in [1.54, 1.807) is 0 Å². The zero-order valence-corrected chi connectivity index (χ0v) is 14.5. The highest BCUT2D eigenvalue weighted by Crippen LogP contribution is 2.72. The molecule has 0 aromatic heterocycles. The summed E-state index contributed by atoms with van der Waals surface area (Å²) in [6.07, 6.45) is 8.70. The summed E-state index contributed by atoms with van der Waals surface area (Å²) in [7, 11) is 0. The first-order valence-electron chi connectivity index (χ1n) is 8.98. The Hall–Kier alpha value is -0.530. The maximum absolute atomic E-state index is 12.4. The molecule has 3 aliphatic carbocycles. The second kappa shape index (κ2) is 4.73. The molecule has 4 unspecified atom stereocenters. The van der Waals surface area contributed by atoms with Gasteiger partial charge in [-0.2, -0.15) is 0 Å². The summed E-state index contributed by atoms with van der Waals surface area (Å²) < 4.78 is 6.12. The molecular formula is C19H32O2. The number of carbonyl (C=O) groups excluding carboxylic acids is 1. The molecule has 21 heavy (non-hydrogen) atoms. The molecule has 0 saturated heterocycles. The standard InChI is InChI=1S/C19H32O2/c1-6-13(2)16(20)21-18(5)10-11-19-9-7-8-14(19)17(3,4)15(18)12-19/h13-15H,6-12H2,1-5H3/t13?,14?,15?,18-,19?/m1/s1. The van der Waals surface area contributed by atoms with Gasteiger partial charge >= 0.3 is 5.97 Å². The molecule has 2 nitrogen and oxygen atoms in total. The van der Waals surface area contributed by atoms with E-state index in [9.17, 15) is 4.79 Å². The van der Waals surface area contributed by atoms with E-state index in [1.807, 2.05) is 6.92 Å². The van der Waals surface area contributed by atoms with Crippen LogP contribution in [0.1, 0.15) is 79.6 Å². The zero-order chi connectivity index (χ0) is 15.5. The van der Waals surface area contributed by atoms with Crippen molar-refractivity contribution >= 4 is 5.97 Å². The van der Waals surface area contributed by atoms with Gasteiger partial charge in [-0.1, -0.05) is 34.1 Å². The summed E-state index contributed by atoms with van der Waals surface area (Å²) in [5.74, 6) is 1.43. The van der Waals surface area contributed by atoms with E-state index in [4.69, 9.17) is 4.74 Å². The largest absolute Gasteiger partial charge is 0.459 e. The molecule has 2 heteroatoms. The molecule has 3 aliphatic rings. The first-order chi connectivity index (χ1) is 9.75. The second-order valence-corrected chi connectivity index (χ2v) is 8.93. The van der Waals surface area contributed by atoms with Gasteiger partial charge in [0.05, 0.1) is 5.92 Å². The highest BCUT2D eigenvalue weighted by atomic mass is 16.6. The Balaban J connectivity index is 1.85. The Labute approximate surface area is 130 Å². The van der Waals surface area contributed by atoms with Gasteiger partial charge in [0.2, 0.25) is 0 Å². The number of rotatable bonds is 3. The molecule has 120 valence electrons. The van der Waals surface area contributed by atoms with Crippen LogP contribution in [0, 0.1) is 28.6 Å². The average molecular weight is 292 g/mol. The van der Waals surface area contributed by atoms with E-state index in [0.717, 1.165) is 18.8 Å². The summed E-state index contributed by atoms with van der Waals surface area (Å²) in [5, 5.41) is 0. The molecule has 0 aliphatic heterocycles. The Bertz CT molecular complexity index is 441. The first kappa shape index (κ1) is 15.4. The van der Waals surface area contributed by atoms with E-state index in [1.165, 1.54) is 32.1 Å². The molecule has 0 aromatic carbocycles. The van der Waals surface area contributed by atoms with Crippen molar-refractivity contribution in [2.75, 3.05) is 0 Å². The van der Waals surface area contributed by atoms with E-state index in [2.05, 4.69) is 27.7 Å². The Morgan fingerprint density at radius 2 is 1.90 bits per heavy atom. The van der Waals surface area contributed by atoms with Gasteiger partial charge in [0.25, 0.3) is 0 Å². The summed E-state index contributed by atoms with van der Waals surface area (Å²) in [6, 6.07) is 0. The van der Waals surface area contributed by atoms with Gasteiger partial charge in [-0.05, 0) is 62.2 Å². The van der Waals surface area contributed by atoms with Crippen LogP contribution < -0.4 is 0 Å². The normalized spacial score (nSPS) is 45.2. The van der Waals surface area contributed by atoms with Gasteiger partial charge in [0.15, 0.2) is 0 Å². The minimum atomic E-state index is -0.237. The molecule has 3 fully saturated rings. The van der Waals surface area contributed by atoms with Crippen molar-refractivity contribution in [1.82, 2.24) is 0 Å². The number of hydrogen-bond donors (Lipinski definition) is 0. The lowest BCUT2D eigenvalue weighted by Gasteiger charge is -2.46. The topological polar surface area (TPSA) is 26.3 Å². The van der Waals surface area contributed by atoms with Gasteiger partial charge in [0.1, 0.15) is 5.60 Å². The molecule has 0 N–H and O–H groups in total. The summed E-state index contributed by atoms with van der Waals surface area (Å²) >= 11 is 0. The quantitative estimate of drug-likeness (QED) is 0.687. The van der Waals surface area contributed by atoms with Gasteiger partial charge in [-0.15, -0.1) is 0 Å². The van der Waals surface area contributed by atoms with Gasteiger partial charge in [-0.25, -0.2) is 0 Å². The number of fused-ring (bicyclic) bond motifs is 1. The molecule has 0 amide bonds. The Morgan fingerprint density at radius 1 is 1.19 bits per heavy atom. The summed E-state index contributed by atoms with van der Waals surface area (Å²) in [4.78, 5) is 12.4. The predicted octanol–water partition coefficient (Wildman–Crippen LogP) is 4.96. The molecule has 0 radical (unpaired) electrons. The predicted molar refractivity (Wildman–Crippen MR) is 84.8 cm³/mol. The van der Waals surface area contributed by atoms with Crippen LogP contribution in [0.5, 0.6) is 0 Å². The third-order valence-corrected chi connectivity index (χ3v) is 7.52. The lowest BCUT2D eigenvalue weighted by molar-refractivity contribution is -0.177. The molecule has 2 bridgehead atoms. The average Bonchev–Trinajstić information content (AvgIpc) is 2.92. The van der Waals surface area contributed by atoms with E-state index in [-0.39, 0.29) is 17.5 Å². The fourth-order valence-electron chi connectivity index (χ4n) is 6.15. The number of ether oxygens (including phenoxy) is 1. The highest BCUT2D eigenvalue weighted by Gasteiger charge is 2.67. The van der Waals surface area contributed by atoms with Crippen molar-refractivity contribution in [3.8, 4) is 0 Å². The van der Waals surface area contributed by atoms with Crippen molar-refractivity contribution in [2.45, 2.75) is 85.2 Å². The molecule has 3 rings (SSSR count). The van der Waals surface area contributed by atoms with Crippen molar-refractivity contribution in [3.05, 3.63) is 0 Å². The van der Waals surface area contributed by atoms with Crippen molar-refractivity contribution in [3.63, 3.8) is 0 Å². The minimum absolute atomic E-state index is 0.0174. The van der Waals surface area contributed by atoms with Gasteiger partial charge in [0, 0.05) is 5.92 Å². The molecule has 0 heterocycles. The fourth-order valence-corrected chi connectivity index (χ4v) is 6.15. The van der Waals surface area contributed by atoms with Crippen LogP contribution in [0.4, 0.5) is 0 Å². The maximum Gasteiger partial charge on any atom is 0.309 e. The van der Waals surface area contributed by atoms with E-state index in [0.29, 0.717) is 16.7 Å². The van der Waals surface area contributed by atoms with E-state index < -0.39 is 0 Å². The number of esters is 1. The van der Waals surface area contributed by atoms with Crippen molar-refractivity contribution in [2.24, 2.45) is 28.6 Å². The first-order valence-corrected chi connectivity index (χ1v) is 8.98. The molecule has 5 atom stereocenters. The third kappa shape index (κ3) is 2.08. The van der Waals surface area contributed by atoms with Crippen LogP contribution in [-0.2, 0) is 9.53 Å². The maximum atomic E-state index is 12.4. The van der Waals surface area contributed by atoms with E-state index >= 15 is 0 Å². The Kier molecular flexibility index (Phi) is 3.46. The smallest absolute Gasteiger partial charge is 0.309 e. The number of carbonyl (C=O) groups is 1. The van der Waals surface area contributed by atoms with Gasteiger partial charge in [-0.3, -0.25) is 4.79 Å². The van der Waals surface area contributed by atoms with Crippen LogP contribution in [0.3, 0.4) is 0 Å². The minimum Gasteiger partial charge on any atom is -0.459 e. The fraction of sp³-hybridized carbons (Fsp3) is 0.947. The van der Waals surface area contributed by atoms with Crippen LogP contribution in [0.15, 0.2) is 0 Å².